The maximum Gasteiger partial charge on any atom is 0.492 e. The molecule has 0 unspecified atom stereocenters. The smallest absolute Gasteiger partial charge is 0.423 e. The first kappa shape index (κ1) is 17.4. The van der Waals surface area contributed by atoms with Gasteiger partial charge in [-0.2, -0.15) is 0 Å². The highest BCUT2D eigenvalue weighted by Gasteiger charge is 2.40. The van der Waals surface area contributed by atoms with Crippen LogP contribution in [0, 0.1) is 0 Å². The summed E-state index contributed by atoms with van der Waals surface area (Å²) in [6.07, 6.45) is 1.66. The van der Waals surface area contributed by atoms with E-state index in [2.05, 4.69) is 20.4 Å². The Morgan fingerprint density at radius 2 is 2.11 bits per heavy atom. The molecule has 0 spiro atoms. The van der Waals surface area contributed by atoms with E-state index in [9.17, 15) is 9.82 Å². The molecule has 1 aliphatic heterocycles. The molecule has 0 fully saturated rings. The zero-order valence-electron chi connectivity index (χ0n) is 15.2. The van der Waals surface area contributed by atoms with Gasteiger partial charge in [-0.25, -0.2) is 9.67 Å². The molecule has 136 valence electrons. The Kier molecular flexibility index (Phi) is 4.05. The number of nitrogens with one attached hydrogen (secondary N) is 1. The standard InChI is InChI=1S/C18H18BN5O3/c1-18(2)12-8-7-11(10-13(12)19(26)27-18)21-17(25)15-22-16(24(3)23-15)14-6-4-5-9-20-14/h4-10,26H,1-3H3,(H,21,25). The molecule has 9 heteroatoms. The maximum atomic E-state index is 12.6. The summed E-state index contributed by atoms with van der Waals surface area (Å²) >= 11 is 0. The molecule has 1 aliphatic rings. The number of carbonyl (C=O) groups excluding carboxylic acids is 1. The van der Waals surface area contributed by atoms with Gasteiger partial charge in [0, 0.05) is 18.9 Å². The van der Waals surface area contributed by atoms with E-state index >= 15 is 0 Å². The SMILES string of the molecule is Cn1nc(C(=O)Nc2ccc3c(c2)B(O)OC3(C)C)nc1-c1ccccn1. The molecule has 2 aromatic heterocycles. The molecule has 0 saturated carbocycles. The van der Waals surface area contributed by atoms with Crippen molar-refractivity contribution >= 4 is 24.2 Å². The number of aromatic nitrogens is 4. The van der Waals surface area contributed by atoms with Crippen molar-refractivity contribution in [3.8, 4) is 11.5 Å². The van der Waals surface area contributed by atoms with E-state index in [4.69, 9.17) is 4.65 Å². The Labute approximate surface area is 156 Å². The molecule has 3 heterocycles. The molecular weight excluding hydrogens is 345 g/mol. The number of anilines is 1. The summed E-state index contributed by atoms with van der Waals surface area (Å²) in [5.74, 6) is 0.0939. The molecule has 0 atom stereocenters. The summed E-state index contributed by atoms with van der Waals surface area (Å²) in [4.78, 5) is 21.1. The molecule has 0 radical (unpaired) electrons. The Hall–Kier alpha value is -3.04. The van der Waals surface area contributed by atoms with Crippen molar-refractivity contribution in [1.29, 1.82) is 0 Å². The van der Waals surface area contributed by atoms with Crippen molar-refractivity contribution in [2.24, 2.45) is 7.05 Å². The van der Waals surface area contributed by atoms with Gasteiger partial charge in [0.2, 0.25) is 5.82 Å². The summed E-state index contributed by atoms with van der Waals surface area (Å²) in [5.41, 5.74) is 2.12. The number of amides is 1. The highest BCUT2D eigenvalue weighted by Crippen LogP contribution is 2.30. The lowest BCUT2D eigenvalue weighted by atomic mass is 9.78. The average Bonchev–Trinajstić information content (AvgIpc) is 3.13. The van der Waals surface area contributed by atoms with E-state index in [-0.39, 0.29) is 5.82 Å². The van der Waals surface area contributed by atoms with E-state index in [1.165, 1.54) is 4.68 Å². The van der Waals surface area contributed by atoms with Crippen LogP contribution in [0.5, 0.6) is 0 Å². The Morgan fingerprint density at radius 3 is 2.85 bits per heavy atom. The number of rotatable bonds is 3. The van der Waals surface area contributed by atoms with Crippen LogP contribution in [0.25, 0.3) is 11.5 Å². The summed E-state index contributed by atoms with van der Waals surface area (Å²) < 4.78 is 7.05. The number of fused-ring (bicyclic) bond motifs is 1. The minimum Gasteiger partial charge on any atom is -0.423 e. The van der Waals surface area contributed by atoms with Crippen LogP contribution < -0.4 is 10.8 Å². The number of hydrogen-bond donors (Lipinski definition) is 2. The topological polar surface area (TPSA) is 102 Å². The summed E-state index contributed by atoms with van der Waals surface area (Å²) in [7, 11) is 0.689. The highest BCUT2D eigenvalue weighted by molar-refractivity contribution is 6.62. The number of aryl methyl sites for hydroxylation is 1. The Morgan fingerprint density at radius 1 is 1.30 bits per heavy atom. The number of pyridine rings is 1. The van der Waals surface area contributed by atoms with Crippen molar-refractivity contribution < 1.29 is 14.5 Å². The molecule has 1 aromatic carbocycles. The lowest BCUT2D eigenvalue weighted by Gasteiger charge is -2.19. The maximum absolute atomic E-state index is 12.6. The average molecular weight is 363 g/mol. The van der Waals surface area contributed by atoms with E-state index in [0.717, 1.165) is 5.56 Å². The predicted octanol–water partition coefficient (Wildman–Crippen LogP) is 1.08. The van der Waals surface area contributed by atoms with Crippen LogP contribution in [0.1, 0.15) is 30.0 Å². The predicted molar refractivity (Wildman–Crippen MR) is 100 cm³/mol. The molecule has 3 aromatic rings. The van der Waals surface area contributed by atoms with Crippen LogP contribution in [0.3, 0.4) is 0 Å². The largest absolute Gasteiger partial charge is 0.492 e. The fourth-order valence-corrected chi connectivity index (χ4v) is 3.18. The zero-order valence-corrected chi connectivity index (χ0v) is 15.2. The summed E-state index contributed by atoms with van der Waals surface area (Å²) in [6.45, 7) is 3.77. The minimum atomic E-state index is -1.02. The Balaban J connectivity index is 1.58. The van der Waals surface area contributed by atoms with Crippen LogP contribution in [0.2, 0.25) is 0 Å². The van der Waals surface area contributed by atoms with Crippen LogP contribution in [0.4, 0.5) is 5.69 Å². The second-order valence-electron chi connectivity index (χ2n) is 6.83. The summed E-state index contributed by atoms with van der Waals surface area (Å²) in [6, 6.07) is 10.8. The van der Waals surface area contributed by atoms with Crippen molar-refractivity contribution in [2.45, 2.75) is 19.4 Å². The van der Waals surface area contributed by atoms with Gasteiger partial charge in [0.25, 0.3) is 5.91 Å². The molecular formula is C18H18BN5O3. The van der Waals surface area contributed by atoms with Crippen LogP contribution in [-0.4, -0.2) is 37.8 Å². The third-order valence-corrected chi connectivity index (χ3v) is 4.49. The second kappa shape index (κ2) is 6.29. The third kappa shape index (κ3) is 3.11. The lowest BCUT2D eigenvalue weighted by molar-refractivity contribution is 0.100. The van der Waals surface area contributed by atoms with Crippen LogP contribution in [0.15, 0.2) is 42.6 Å². The second-order valence-corrected chi connectivity index (χ2v) is 6.83. The molecule has 0 saturated heterocycles. The van der Waals surface area contributed by atoms with Crippen molar-refractivity contribution in [2.75, 3.05) is 5.32 Å². The van der Waals surface area contributed by atoms with Gasteiger partial charge in [-0.1, -0.05) is 12.1 Å². The third-order valence-electron chi connectivity index (χ3n) is 4.49. The van der Waals surface area contributed by atoms with Gasteiger partial charge in [0.15, 0.2) is 5.82 Å². The van der Waals surface area contributed by atoms with Crippen molar-refractivity contribution in [3.63, 3.8) is 0 Å². The van der Waals surface area contributed by atoms with E-state index in [0.29, 0.717) is 22.7 Å². The highest BCUT2D eigenvalue weighted by atomic mass is 16.5. The van der Waals surface area contributed by atoms with Crippen LogP contribution >= 0.6 is 0 Å². The number of carbonyl (C=O) groups is 1. The summed E-state index contributed by atoms with van der Waals surface area (Å²) in [5, 5.41) is 17.0. The van der Waals surface area contributed by atoms with Crippen molar-refractivity contribution in [3.05, 3.63) is 54.0 Å². The van der Waals surface area contributed by atoms with Gasteiger partial charge >= 0.3 is 7.12 Å². The molecule has 2 N–H and O–H groups in total. The fraction of sp³-hybridized carbons (Fsp3) is 0.222. The van der Waals surface area contributed by atoms with Gasteiger partial charge in [-0.3, -0.25) is 9.78 Å². The van der Waals surface area contributed by atoms with Gasteiger partial charge in [-0.15, -0.1) is 5.10 Å². The normalized spacial score (nSPS) is 14.9. The van der Waals surface area contributed by atoms with Gasteiger partial charge in [-0.05, 0) is 49.1 Å². The molecule has 0 bridgehead atoms. The van der Waals surface area contributed by atoms with Gasteiger partial charge < -0.3 is 15.0 Å². The molecule has 27 heavy (non-hydrogen) atoms. The van der Waals surface area contributed by atoms with Crippen molar-refractivity contribution in [1.82, 2.24) is 19.7 Å². The minimum absolute atomic E-state index is 0.0378. The molecule has 0 aliphatic carbocycles. The van der Waals surface area contributed by atoms with Gasteiger partial charge in [0.1, 0.15) is 5.69 Å². The lowest BCUT2D eigenvalue weighted by Crippen LogP contribution is -2.29. The Bertz CT molecular complexity index is 1020. The van der Waals surface area contributed by atoms with Gasteiger partial charge in [0.05, 0.1) is 5.60 Å². The first-order valence-corrected chi connectivity index (χ1v) is 8.49. The number of hydrogen-bond acceptors (Lipinski definition) is 6. The first-order chi connectivity index (χ1) is 12.8. The van der Waals surface area contributed by atoms with Crippen LogP contribution in [-0.2, 0) is 17.3 Å². The molecule has 1 amide bonds. The monoisotopic (exact) mass is 363 g/mol. The quantitative estimate of drug-likeness (QED) is 0.676. The van der Waals surface area contributed by atoms with E-state index in [1.54, 1.807) is 37.5 Å². The molecule has 4 rings (SSSR count). The molecule has 8 nitrogen and oxygen atoms in total. The number of benzene rings is 1. The first-order valence-electron chi connectivity index (χ1n) is 8.49. The fourth-order valence-electron chi connectivity index (χ4n) is 3.18. The van der Waals surface area contributed by atoms with E-state index < -0.39 is 18.6 Å². The zero-order chi connectivity index (χ0) is 19.2. The number of nitrogens with zero attached hydrogens (tertiary/aromatic N) is 4. The van der Waals surface area contributed by atoms with E-state index in [1.807, 2.05) is 26.0 Å².